The smallest absolute Gasteiger partial charge is 0.191 e. The lowest BCUT2D eigenvalue weighted by molar-refractivity contribution is 0.414. The number of benzene rings is 1. The SMILES string of the molecule is CCNC(=NCc1nc(C(C)C)cs1)NCCCc1ccc(OC)cc1. The highest BCUT2D eigenvalue weighted by Gasteiger charge is 2.05. The highest BCUT2D eigenvalue weighted by atomic mass is 32.1. The zero-order chi connectivity index (χ0) is 18.8. The second-order valence-corrected chi connectivity index (χ2v) is 7.34. The third kappa shape index (κ3) is 6.67. The van der Waals surface area contributed by atoms with Crippen LogP contribution in [0.1, 0.15) is 49.4 Å². The number of nitrogens with zero attached hydrogens (tertiary/aromatic N) is 2. The molecule has 0 fully saturated rings. The van der Waals surface area contributed by atoms with E-state index in [1.165, 1.54) is 5.56 Å². The highest BCUT2D eigenvalue weighted by molar-refractivity contribution is 7.09. The Morgan fingerprint density at radius 3 is 2.62 bits per heavy atom. The number of aliphatic imine (C=N–C) groups is 1. The first-order chi connectivity index (χ1) is 12.6. The van der Waals surface area contributed by atoms with Crippen LogP contribution in [-0.2, 0) is 13.0 Å². The number of nitrogens with one attached hydrogen (secondary N) is 2. The summed E-state index contributed by atoms with van der Waals surface area (Å²) in [5.41, 5.74) is 2.47. The van der Waals surface area contributed by atoms with Crippen molar-refractivity contribution in [1.82, 2.24) is 15.6 Å². The van der Waals surface area contributed by atoms with E-state index in [0.29, 0.717) is 12.5 Å². The lowest BCUT2D eigenvalue weighted by Gasteiger charge is -2.11. The third-order valence-electron chi connectivity index (χ3n) is 3.97. The van der Waals surface area contributed by atoms with Crippen molar-refractivity contribution >= 4 is 17.3 Å². The molecule has 26 heavy (non-hydrogen) atoms. The van der Waals surface area contributed by atoms with Crippen LogP contribution >= 0.6 is 11.3 Å². The molecule has 0 aliphatic carbocycles. The average Bonchev–Trinajstić information content (AvgIpc) is 3.13. The standard InChI is InChI=1S/C20H30N4OS/c1-5-21-20(23-13-19-24-18(14-26-19)15(2)3)22-12-6-7-16-8-10-17(25-4)11-9-16/h8-11,14-15H,5-7,12-13H2,1-4H3,(H2,21,22,23). The van der Waals surface area contributed by atoms with Gasteiger partial charge in [-0.3, -0.25) is 0 Å². The topological polar surface area (TPSA) is 58.5 Å². The maximum absolute atomic E-state index is 5.19. The summed E-state index contributed by atoms with van der Waals surface area (Å²) in [6.07, 6.45) is 2.08. The summed E-state index contributed by atoms with van der Waals surface area (Å²) in [6, 6.07) is 8.25. The van der Waals surface area contributed by atoms with E-state index in [1.54, 1.807) is 18.4 Å². The van der Waals surface area contributed by atoms with Crippen molar-refractivity contribution in [2.24, 2.45) is 4.99 Å². The molecule has 1 heterocycles. The molecule has 5 nitrogen and oxygen atoms in total. The van der Waals surface area contributed by atoms with Gasteiger partial charge in [-0.1, -0.05) is 26.0 Å². The molecule has 0 saturated heterocycles. The van der Waals surface area contributed by atoms with Crippen LogP contribution in [0.2, 0.25) is 0 Å². The van der Waals surface area contributed by atoms with Gasteiger partial charge in [0, 0.05) is 18.5 Å². The summed E-state index contributed by atoms with van der Waals surface area (Å²) in [6.45, 7) is 8.75. The van der Waals surface area contributed by atoms with E-state index in [4.69, 9.17) is 4.74 Å². The molecule has 0 unspecified atom stereocenters. The first kappa shape index (κ1) is 20.2. The Labute approximate surface area is 160 Å². The number of hydrogen-bond acceptors (Lipinski definition) is 4. The zero-order valence-electron chi connectivity index (χ0n) is 16.2. The normalized spacial score (nSPS) is 11.7. The predicted octanol–water partition coefficient (Wildman–Crippen LogP) is 3.96. The molecule has 1 aromatic carbocycles. The van der Waals surface area contributed by atoms with Crippen molar-refractivity contribution < 1.29 is 4.74 Å². The lowest BCUT2D eigenvalue weighted by atomic mass is 10.1. The molecule has 0 amide bonds. The second kappa shape index (κ2) is 10.8. The van der Waals surface area contributed by atoms with E-state index in [-0.39, 0.29) is 0 Å². The van der Waals surface area contributed by atoms with Crippen molar-refractivity contribution in [3.05, 3.63) is 45.9 Å². The number of thiazole rings is 1. The molecule has 0 atom stereocenters. The minimum Gasteiger partial charge on any atom is -0.497 e. The maximum Gasteiger partial charge on any atom is 0.191 e. The summed E-state index contributed by atoms with van der Waals surface area (Å²) in [5, 5.41) is 9.89. The van der Waals surface area contributed by atoms with Crippen LogP contribution in [0.25, 0.3) is 0 Å². The molecule has 0 bridgehead atoms. The Kier molecular flexibility index (Phi) is 8.41. The van der Waals surface area contributed by atoms with Gasteiger partial charge in [-0.15, -0.1) is 11.3 Å². The molecule has 0 aliphatic rings. The zero-order valence-corrected chi connectivity index (χ0v) is 17.0. The molecular formula is C20H30N4OS. The highest BCUT2D eigenvalue weighted by Crippen LogP contribution is 2.18. The Bertz CT molecular complexity index is 679. The predicted molar refractivity (Wildman–Crippen MR) is 110 cm³/mol. The van der Waals surface area contributed by atoms with Crippen molar-refractivity contribution in [1.29, 1.82) is 0 Å². The summed E-state index contributed by atoms with van der Waals surface area (Å²) in [7, 11) is 1.69. The van der Waals surface area contributed by atoms with Gasteiger partial charge in [0.05, 0.1) is 19.3 Å². The maximum atomic E-state index is 5.19. The van der Waals surface area contributed by atoms with Crippen LogP contribution in [-0.4, -0.2) is 31.1 Å². The molecule has 0 spiro atoms. The summed E-state index contributed by atoms with van der Waals surface area (Å²) < 4.78 is 5.19. The Morgan fingerprint density at radius 1 is 1.23 bits per heavy atom. The van der Waals surface area contributed by atoms with E-state index >= 15 is 0 Å². The van der Waals surface area contributed by atoms with Crippen molar-refractivity contribution in [2.45, 2.75) is 46.1 Å². The largest absolute Gasteiger partial charge is 0.497 e. The molecule has 2 N–H and O–H groups in total. The molecule has 0 aliphatic heterocycles. The van der Waals surface area contributed by atoms with Gasteiger partial charge in [0.1, 0.15) is 10.8 Å². The van der Waals surface area contributed by atoms with Crippen LogP contribution in [0.5, 0.6) is 5.75 Å². The van der Waals surface area contributed by atoms with Gasteiger partial charge in [-0.05, 0) is 43.4 Å². The Hall–Kier alpha value is -2.08. The van der Waals surface area contributed by atoms with Crippen molar-refractivity contribution in [3.8, 4) is 5.75 Å². The van der Waals surface area contributed by atoms with Crippen LogP contribution in [0.3, 0.4) is 0 Å². The number of rotatable bonds is 9. The van der Waals surface area contributed by atoms with Crippen LogP contribution in [0.15, 0.2) is 34.6 Å². The fraction of sp³-hybridized carbons (Fsp3) is 0.500. The fourth-order valence-electron chi connectivity index (χ4n) is 2.44. The first-order valence-corrected chi connectivity index (χ1v) is 10.1. The molecule has 0 radical (unpaired) electrons. The Balaban J connectivity index is 1.78. The van der Waals surface area contributed by atoms with Gasteiger partial charge in [-0.25, -0.2) is 9.98 Å². The van der Waals surface area contributed by atoms with Gasteiger partial charge in [0.15, 0.2) is 5.96 Å². The number of aromatic nitrogens is 1. The molecule has 142 valence electrons. The summed E-state index contributed by atoms with van der Waals surface area (Å²) in [4.78, 5) is 9.29. The van der Waals surface area contributed by atoms with Crippen molar-refractivity contribution in [3.63, 3.8) is 0 Å². The van der Waals surface area contributed by atoms with Crippen LogP contribution in [0, 0.1) is 0 Å². The van der Waals surface area contributed by atoms with Gasteiger partial charge in [0.2, 0.25) is 0 Å². The first-order valence-electron chi connectivity index (χ1n) is 9.21. The van der Waals surface area contributed by atoms with E-state index < -0.39 is 0 Å². The molecular weight excluding hydrogens is 344 g/mol. The molecule has 2 aromatic rings. The number of ether oxygens (including phenoxy) is 1. The molecule has 0 saturated carbocycles. The minimum absolute atomic E-state index is 0.466. The number of hydrogen-bond donors (Lipinski definition) is 2. The van der Waals surface area contributed by atoms with Crippen molar-refractivity contribution in [2.75, 3.05) is 20.2 Å². The van der Waals surface area contributed by atoms with Gasteiger partial charge < -0.3 is 15.4 Å². The monoisotopic (exact) mass is 374 g/mol. The summed E-state index contributed by atoms with van der Waals surface area (Å²) in [5.74, 6) is 2.22. The second-order valence-electron chi connectivity index (χ2n) is 6.39. The van der Waals surface area contributed by atoms with E-state index in [0.717, 1.165) is 48.3 Å². The van der Waals surface area contributed by atoms with E-state index in [9.17, 15) is 0 Å². The average molecular weight is 375 g/mol. The quantitative estimate of drug-likeness (QED) is 0.396. The summed E-state index contributed by atoms with van der Waals surface area (Å²) >= 11 is 1.68. The lowest BCUT2D eigenvalue weighted by Crippen LogP contribution is -2.37. The molecule has 6 heteroatoms. The number of aryl methyl sites for hydroxylation is 1. The van der Waals surface area contributed by atoms with Gasteiger partial charge in [-0.2, -0.15) is 0 Å². The fourth-order valence-corrected chi connectivity index (χ4v) is 3.32. The molecule has 1 aromatic heterocycles. The van der Waals surface area contributed by atoms with Crippen LogP contribution in [0.4, 0.5) is 0 Å². The van der Waals surface area contributed by atoms with E-state index in [2.05, 4.69) is 58.9 Å². The Morgan fingerprint density at radius 2 is 2.00 bits per heavy atom. The van der Waals surface area contributed by atoms with Gasteiger partial charge >= 0.3 is 0 Å². The van der Waals surface area contributed by atoms with E-state index in [1.807, 2.05) is 12.1 Å². The number of guanidine groups is 1. The number of methoxy groups -OCH3 is 1. The third-order valence-corrected chi connectivity index (χ3v) is 4.82. The van der Waals surface area contributed by atoms with Crippen LogP contribution < -0.4 is 15.4 Å². The van der Waals surface area contributed by atoms with Gasteiger partial charge in [0.25, 0.3) is 0 Å². The molecule has 2 rings (SSSR count). The minimum atomic E-state index is 0.466.